The Morgan fingerprint density at radius 1 is 1.32 bits per heavy atom. The van der Waals surface area contributed by atoms with Gasteiger partial charge in [-0.3, -0.25) is 4.79 Å². The normalized spacial score (nSPS) is 28.2. The van der Waals surface area contributed by atoms with Gasteiger partial charge in [0, 0.05) is 24.7 Å². The highest BCUT2D eigenvalue weighted by Crippen LogP contribution is 2.30. The molecule has 0 N–H and O–H groups in total. The van der Waals surface area contributed by atoms with Gasteiger partial charge in [0.25, 0.3) is 5.91 Å². The second-order valence-electron chi connectivity index (χ2n) is 5.54. The Morgan fingerprint density at radius 3 is 2.68 bits per heavy atom. The van der Waals surface area contributed by atoms with Crippen molar-refractivity contribution >= 4 is 21.8 Å². The number of nitrogens with zero attached hydrogens (tertiary/aromatic N) is 2. The van der Waals surface area contributed by atoms with Gasteiger partial charge in [-0.05, 0) is 55.2 Å². The van der Waals surface area contributed by atoms with E-state index in [1.54, 1.807) is 12.3 Å². The second-order valence-corrected chi connectivity index (χ2v) is 6.32. The van der Waals surface area contributed by atoms with Crippen LogP contribution in [0.4, 0.5) is 0 Å². The molecular formula is C14H19BrN2O2. The molecule has 2 aliphatic heterocycles. The number of carbonyl (C=O) groups excluding carboxylic acids is 1. The molecule has 1 amide bonds. The van der Waals surface area contributed by atoms with Gasteiger partial charge >= 0.3 is 0 Å². The Kier molecular flexibility index (Phi) is 3.67. The molecule has 0 aliphatic carbocycles. The molecule has 2 aliphatic rings. The minimum atomic E-state index is 0.109. The number of likely N-dealkylation sites (tertiary alicyclic amines) is 2. The first-order chi connectivity index (χ1) is 9.16. The third-order valence-corrected chi connectivity index (χ3v) is 4.81. The average Bonchev–Trinajstić information content (AvgIpc) is 3.07. The van der Waals surface area contributed by atoms with Crippen LogP contribution < -0.4 is 0 Å². The van der Waals surface area contributed by atoms with Crippen LogP contribution in [0, 0.1) is 0 Å². The van der Waals surface area contributed by atoms with Gasteiger partial charge in [-0.1, -0.05) is 0 Å². The zero-order valence-corrected chi connectivity index (χ0v) is 12.7. The lowest BCUT2D eigenvalue weighted by atomic mass is 10.0. The molecule has 4 nitrogen and oxygen atoms in total. The molecule has 0 bridgehead atoms. The first-order valence-corrected chi connectivity index (χ1v) is 7.71. The molecular weight excluding hydrogens is 308 g/mol. The summed E-state index contributed by atoms with van der Waals surface area (Å²) in [5.74, 6) is 0.109. The van der Waals surface area contributed by atoms with E-state index in [1.165, 1.54) is 12.8 Å². The van der Waals surface area contributed by atoms with Gasteiger partial charge < -0.3 is 14.2 Å². The minimum Gasteiger partial charge on any atom is -0.457 e. The third-order valence-electron chi connectivity index (χ3n) is 4.40. The molecule has 0 spiro atoms. The fourth-order valence-electron chi connectivity index (χ4n) is 3.45. The highest BCUT2D eigenvalue weighted by Gasteiger charge is 2.38. The van der Waals surface area contributed by atoms with E-state index in [2.05, 4.69) is 27.9 Å². The van der Waals surface area contributed by atoms with Crippen molar-refractivity contribution in [2.24, 2.45) is 0 Å². The average molecular weight is 327 g/mol. The van der Waals surface area contributed by atoms with Gasteiger partial charge in [0.15, 0.2) is 4.67 Å². The quantitative estimate of drug-likeness (QED) is 0.838. The van der Waals surface area contributed by atoms with Crippen molar-refractivity contribution in [2.45, 2.75) is 37.8 Å². The fraction of sp³-hybridized carbons (Fsp3) is 0.643. The molecule has 2 atom stereocenters. The van der Waals surface area contributed by atoms with E-state index in [4.69, 9.17) is 4.42 Å². The van der Waals surface area contributed by atoms with E-state index in [-0.39, 0.29) is 5.91 Å². The van der Waals surface area contributed by atoms with Crippen molar-refractivity contribution in [1.29, 1.82) is 0 Å². The van der Waals surface area contributed by atoms with E-state index in [0.717, 1.165) is 25.9 Å². The standard InChI is InChI=1S/C14H19BrN2O2/c1-16-6-2-4-11(16)12-5-3-7-17(12)14(18)10-8-13(15)19-9-10/h8-9,11-12H,2-7H2,1H3/t11-,12+/m1/s1. The molecule has 19 heavy (non-hydrogen) atoms. The van der Waals surface area contributed by atoms with Gasteiger partial charge in [0.2, 0.25) is 0 Å². The summed E-state index contributed by atoms with van der Waals surface area (Å²) in [6.45, 7) is 2.02. The van der Waals surface area contributed by atoms with Gasteiger partial charge in [-0.15, -0.1) is 0 Å². The van der Waals surface area contributed by atoms with Crippen molar-refractivity contribution in [3.8, 4) is 0 Å². The van der Waals surface area contributed by atoms with Crippen molar-refractivity contribution in [3.63, 3.8) is 0 Å². The first-order valence-electron chi connectivity index (χ1n) is 6.92. The van der Waals surface area contributed by atoms with Gasteiger partial charge in [0.1, 0.15) is 6.26 Å². The van der Waals surface area contributed by atoms with Crippen molar-refractivity contribution < 1.29 is 9.21 Å². The molecule has 1 aromatic rings. The number of amides is 1. The van der Waals surface area contributed by atoms with E-state index in [1.807, 2.05) is 4.90 Å². The molecule has 5 heteroatoms. The summed E-state index contributed by atoms with van der Waals surface area (Å²) >= 11 is 3.25. The van der Waals surface area contributed by atoms with Crippen LogP contribution in [-0.2, 0) is 0 Å². The second kappa shape index (κ2) is 5.29. The number of rotatable bonds is 2. The van der Waals surface area contributed by atoms with Crippen LogP contribution >= 0.6 is 15.9 Å². The lowest BCUT2D eigenvalue weighted by Gasteiger charge is -2.33. The van der Waals surface area contributed by atoms with E-state index >= 15 is 0 Å². The number of hydrogen-bond acceptors (Lipinski definition) is 3. The van der Waals surface area contributed by atoms with Gasteiger partial charge in [-0.25, -0.2) is 0 Å². The Balaban J connectivity index is 1.77. The number of furan rings is 1. The maximum absolute atomic E-state index is 12.6. The summed E-state index contributed by atoms with van der Waals surface area (Å²) in [6, 6.07) is 2.66. The molecule has 104 valence electrons. The summed E-state index contributed by atoms with van der Waals surface area (Å²) in [5, 5.41) is 0. The molecule has 0 unspecified atom stereocenters. The van der Waals surface area contributed by atoms with Crippen molar-refractivity contribution in [1.82, 2.24) is 9.80 Å². The highest BCUT2D eigenvalue weighted by molar-refractivity contribution is 9.10. The summed E-state index contributed by atoms with van der Waals surface area (Å²) in [7, 11) is 2.17. The number of carbonyl (C=O) groups is 1. The zero-order valence-electron chi connectivity index (χ0n) is 11.1. The Morgan fingerprint density at radius 2 is 2.05 bits per heavy atom. The Bertz CT molecular complexity index is 474. The molecule has 2 saturated heterocycles. The third kappa shape index (κ3) is 2.46. The number of likely N-dealkylation sites (N-methyl/N-ethyl adjacent to an activating group) is 1. The lowest BCUT2D eigenvalue weighted by Crippen LogP contribution is -2.47. The Hall–Kier alpha value is -0.810. The fourth-order valence-corrected chi connectivity index (χ4v) is 3.79. The summed E-state index contributed by atoms with van der Waals surface area (Å²) < 4.78 is 5.80. The molecule has 3 heterocycles. The van der Waals surface area contributed by atoms with E-state index in [0.29, 0.717) is 22.3 Å². The van der Waals surface area contributed by atoms with Crippen molar-refractivity contribution in [3.05, 3.63) is 22.6 Å². The Labute approximate surface area is 121 Å². The summed E-state index contributed by atoms with van der Waals surface area (Å²) in [5.41, 5.74) is 0.652. The van der Waals surface area contributed by atoms with Crippen LogP contribution in [0.15, 0.2) is 21.4 Å². The van der Waals surface area contributed by atoms with E-state index in [9.17, 15) is 4.79 Å². The van der Waals surface area contributed by atoms with Crippen LogP contribution in [0.25, 0.3) is 0 Å². The highest BCUT2D eigenvalue weighted by atomic mass is 79.9. The SMILES string of the molecule is CN1CCC[C@@H]1[C@@H]1CCCN1C(=O)c1coc(Br)c1. The molecule has 1 aromatic heterocycles. The molecule has 2 fully saturated rings. The van der Waals surface area contributed by atoms with E-state index < -0.39 is 0 Å². The first kappa shape index (κ1) is 13.2. The van der Waals surface area contributed by atoms with Gasteiger partial charge in [0.05, 0.1) is 5.56 Å². The minimum absolute atomic E-state index is 0.109. The lowest BCUT2D eigenvalue weighted by molar-refractivity contribution is 0.0664. The van der Waals surface area contributed by atoms with Crippen molar-refractivity contribution in [2.75, 3.05) is 20.1 Å². The van der Waals surface area contributed by atoms with Crippen LogP contribution in [0.5, 0.6) is 0 Å². The largest absolute Gasteiger partial charge is 0.457 e. The summed E-state index contributed by atoms with van der Waals surface area (Å²) in [4.78, 5) is 17.0. The predicted molar refractivity (Wildman–Crippen MR) is 76.1 cm³/mol. The number of hydrogen-bond donors (Lipinski definition) is 0. The molecule has 0 saturated carbocycles. The van der Waals surface area contributed by atoms with Gasteiger partial charge in [-0.2, -0.15) is 0 Å². The smallest absolute Gasteiger partial charge is 0.257 e. The van der Waals surface area contributed by atoms with Crippen LogP contribution in [0.2, 0.25) is 0 Å². The topological polar surface area (TPSA) is 36.7 Å². The van der Waals surface area contributed by atoms with Crippen LogP contribution in [0.3, 0.4) is 0 Å². The number of halogens is 1. The summed E-state index contributed by atoms with van der Waals surface area (Å²) in [6.07, 6.45) is 6.23. The molecule has 3 rings (SSSR count). The van der Waals surface area contributed by atoms with Crippen LogP contribution in [0.1, 0.15) is 36.0 Å². The molecule has 0 aromatic carbocycles. The zero-order chi connectivity index (χ0) is 13.4. The molecule has 0 radical (unpaired) electrons. The maximum atomic E-state index is 12.6. The van der Waals surface area contributed by atoms with Crippen LogP contribution in [-0.4, -0.2) is 47.9 Å². The predicted octanol–water partition coefficient (Wildman–Crippen LogP) is 2.74. The monoisotopic (exact) mass is 326 g/mol. The maximum Gasteiger partial charge on any atom is 0.257 e.